The van der Waals surface area contributed by atoms with Crippen molar-refractivity contribution in [3.05, 3.63) is 168 Å². The SMILES string of the molecule is CC1(C)c2ccccc2-c2cc3ccc4cc5c(c6[nH]c(c21)c3c46)C(C)(C)c1cc(N(c2ccccc2)c2ccc(-c3cccnc3)cc2)ccc1-5. The number of nitrogens with one attached hydrogen (secondary N) is 1. The third-order valence-electron chi connectivity index (χ3n) is 12.2. The van der Waals surface area contributed by atoms with E-state index in [1.165, 1.54) is 77.1 Å². The van der Waals surface area contributed by atoms with Crippen molar-refractivity contribution in [2.24, 2.45) is 0 Å². The highest BCUT2D eigenvalue weighted by Gasteiger charge is 2.41. The number of aromatic nitrogens is 2. The Bertz CT molecular complexity index is 2880. The Balaban J connectivity index is 1.10. The highest BCUT2D eigenvalue weighted by Crippen LogP contribution is 2.58. The molecule has 11 rings (SSSR count). The van der Waals surface area contributed by atoms with Gasteiger partial charge in [-0.15, -0.1) is 0 Å². The molecule has 3 heteroatoms. The number of fused-ring (bicyclic) bond motifs is 8. The van der Waals surface area contributed by atoms with E-state index in [0.29, 0.717) is 0 Å². The van der Waals surface area contributed by atoms with Crippen LogP contribution in [0, 0.1) is 0 Å². The highest BCUT2D eigenvalue weighted by atomic mass is 15.1. The fourth-order valence-electron chi connectivity index (χ4n) is 9.80. The summed E-state index contributed by atoms with van der Waals surface area (Å²) in [6, 6.07) is 49.3. The molecule has 1 N–H and O–H groups in total. The molecule has 2 aliphatic rings. The minimum atomic E-state index is -0.227. The van der Waals surface area contributed by atoms with Crippen LogP contribution in [0.4, 0.5) is 17.1 Å². The smallest absolute Gasteiger partial charge is 0.0519 e. The van der Waals surface area contributed by atoms with Gasteiger partial charge in [0.25, 0.3) is 0 Å². The van der Waals surface area contributed by atoms with Crippen LogP contribution >= 0.6 is 0 Å². The first-order chi connectivity index (χ1) is 25.3. The van der Waals surface area contributed by atoms with Crippen LogP contribution in [0.1, 0.15) is 49.9 Å². The van der Waals surface area contributed by atoms with E-state index in [4.69, 9.17) is 0 Å². The van der Waals surface area contributed by atoms with Crippen molar-refractivity contribution in [3.8, 4) is 33.4 Å². The molecule has 0 atom stereocenters. The van der Waals surface area contributed by atoms with Gasteiger partial charge in [0.05, 0.1) is 11.0 Å². The molecule has 0 unspecified atom stereocenters. The first-order valence-corrected chi connectivity index (χ1v) is 18.3. The lowest BCUT2D eigenvalue weighted by atomic mass is 9.80. The molecule has 0 aliphatic heterocycles. The average Bonchev–Trinajstić information content (AvgIpc) is 3.75. The van der Waals surface area contributed by atoms with Crippen molar-refractivity contribution in [3.63, 3.8) is 0 Å². The van der Waals surface area contributed by atoms with Crippen molar-refractivity contribution in [1.29, 1.82) is 0 Å². The quantitative estimate of drug-likeness (QED) is 0.189. The highest BCUT2D eigenvalue weighted by molar-refractivity contribution is 6.27. The second-order valence-electron chi connectivity index (χ2n) is 15.7. The standard InChI is InChI=1S/C49H37N3/c1-48(2)40-15-9-8-14-36(40)38-25-30-16-17-31-26-39-37-23-22-35(27-41(37)49(3,4)45(39)47-43(31)42(30)46(51-47)44(38)48)52(33-12-6-5-7-13-33)34-20-18-29(19-21-34)32-11-10-24-50-28-32/h5-28,51H,1-4H3. The number of H-pyrrole nitrogens is 1. The lowest BCUT2D eigenvalue weighted by Gasteiger charge is -2.28. The van der Waals surface area contributed by atoms with E-state index in [9.17, 15) is 0 Å². The predicted octanol–water partition coefficient (Wildman–Crippen LogP) is 13.1. The molecule has 3 nitrogen and oxygen atoms in total. The summed E-state index contributed by atoms with van der Waals surface area (Å²) in [6.07, 6.45) is 3.74. The molecule has 248 valence electrons. The van der Waals surface area contributed by atoms with Crippen molar-refractivity contribution < 1.29 is 0 Å². The number of hydrogen-bond donors (Lipinski definition) is 1. The maximum absolute atomic E-state index is 4.34. The zero-order chi connectivity index (χ0) is 34.9. The summed E-state index contributed by atoms with van der Waals surface area (Å²) in [5.41, 5.74) is 18.9. The van der Waals surface area contributed by atoms with Crippen LogP contribution < -0.4 is 4.90 Å². The van der Waals surface area contributed by atoms with Crippen LogP contribution in [-0.2, 0) is 10.8 Å². The third-order valence-corrected chi connectivity index (χ3v) is 12.2. The minimum Gasteiger partial charge on any atom is -0.354 e. The van der Waals surface area contributed by atoms with Crippen LogP contribution in [0.2, 0.25) is 0 Å². The second-order valence-corrected chi connectivity index (χ2v) is 15.7. The Hall–Kier alpha value is -6.19. The summed E-state index contributed by atoms with van der Waals surface area (Å²) in [7, 11) is 0. The number of para-hydroxylation sites is 1. The Morgan fingerprint density at radius 1 is 0.481 bits per heavy atom. The van der Waals surface area contributed by atoms with Gasteiger partial charge < -0.3 is 9.88 Å². The number of rotatable bonds is 4. The summed E-state index contributed by atoms with van der Waals surface area (Å²) in [6.45, 7) is 9.60. The fraction of sp³-hybridized carbons (Fsp3) is 0.122. The molecule has 0 bridgehead atoms. The number of anilines is 3. The molecule has 0 spiro atoms. The number of benzene rings is 7. The van der Waals surface area contributed by atoms with Crippen LogP contribution in [0.15, 0.2) is 146 Å². The van der Waals surface area contributed by atoms with Gasteiger partial charge in [0.1, 0.15) is 0 Å². The lowest BCUT2D eigenvalue weighted by Crippen LogP contribution is -2.17. The number of hydrogen-bond acceptors (Lipinski definition) is 2. The van der Waals surface area contributed by atoms with Crippen LogP contribution in [0.3, 0.4) is 0 Å². The molecule has 0 radical (unpaired) electrons. The molecule has 0 fully saturated rings. The average molecular weight is 668 g/mol. The van der Waals surface area contributed by atoms with Crippen molar-refractivity contribution in [2.45, 2.75) is 38.5 Å². The summed E-state index contributed by atoms with van der Waals surface area (Å²) in [5, 5.41) is 5.34. The number of aromatic amines is 1. The molecular weight excluding hydrogens is 631 g/mol. The van der Waals surface area contributed by atoms with Crippen molar-refractivity contribution in [1.82, 2.24) is 9.97 Å². The van der Waals surface area contributed by atoms with E-state index >= 15 is 0 Å². The number of nitrogens with zero attached hydrogens (tertiary/aromatic N) is 2. The van der Waals surface area contributed by atoms with E-state index in [0.717, 1.165) is 28.2 Å². The topological polar surface area (TPSA) is 31.9 Å². The summed E-state index contributed by atoms with van der Waals surface area (Å²) in [4.78, 5) is 10.8. The van der Waals surface area contributed by atoms with Gasteiger partial charge in [0, 0.05) is 51.1 Å². The molecule has 52 heavy (non-hydrogen) atoms. The van der Waals surface area contributed by atoms with Gasteiger partial charge in [0.15, 0.2) is 0 Å². The van der Waals surface area contributed by atoms with Gasteiger partial charge in [-0.25, -0.2) is 0 Å². The minimum absolute atomic E-state index is 0.0969. The fourth-order valence-corrected chi connectivity index (χ4v) is 9.80. The Morgan fingerprint density at radius 2 is 1.08 bits per heavy atom. The molecule has 7 aromatic carbocycles. The van der Waals surface area contributed by atoms with Gasteiger partial charge in [-0.2, -0.15) is 0 Å². The maximum atomic E-state index is 4.34. The molecule has 2 heterocycles. The predicted molar refractivity (Wildman–Crippen MR) is 218 cm³/mol. The first kappa shape index (κ1) is 29.5. The van der Waals surface area contributed by atoms with E-state index < -0.39 is 0 Å². The summed E-state index contributed by atoms with van der Waals surface area (Å²) in [5.74, 6) is 0. The van der Waals surface area contributed by atoms with Crippen LogP contribution in [0.5, 0.6) is 0 Å². The number of pyridine rings is 1. The van der Waals surface area contributed by atoms with Gasteiger partial charge in [-0.1, -0.05) is 107 Å². The zero-order valence-electron chi connectivity index (χ0n) is 29.8. The summed E-state index contributed by atoms with van der Waals surface area (Å²) >= 11 is 0. The Morgan fingerprint density at radius 3 is 1.75 bits per heavy atom. The molecule has 0 saturated carbocycles. The zero-order valence-corrected chi connectivity index (χ0v) is 29.8. The normalized spacial score (nSPS) is 14.8. The molecule has 2 aliphatic carbocycles. The third kappa shape index (κ3) is 3.83. The van der Waals surface area contributed by atoms with Gasteiger partial charge in [-0.05, 0) is 121 Å². The van der Waals surface area contributed by atoms with E-state index in [-0.39, 0.29) is 10.8 Å². The monoisotopic (exact) mass is 667 g/mol. The molecular formula is C49H37N3. The van der Waals surface area contributed by atoms with Gasteiger partial charge >= 0.3 is 0 Å². The van der Waals surface area contributed by atoms with E-state index in [2.05, 4.69) is 170 Å². The second kappa shape index (κ2) is 10.2. The molecule has 0 saturated heterocycles. The Kier molecular flexibility index (Phi) is 5.79. The maximum Gasteiger partial charge on any atom is 0.0519 e. The Labute approximate surface area is 303 Å². The van der Waals surface area contributed by atoms with E-state index in [1.54, 1.807) is 0 Å². The van der Waals surface area contributed by atoms with E-state index in [1.807, 2.05) is 18.5 Å². The lowest BCUT2D eigenvalue weighted by molar-refractivity contribution is 0.663. The summed E-state index contributed by atoms with van der Waals surface area (Å²) < 4.78 is 0. The van der Waals surface area contributed by atoms with Crippen molar-refractivity contribution in [2.75, 3.05) is 4.90 Å². The van der Waals surface area contributed by atoms with Crippen LogP contribution in [-0.4, -0.2) is 9.97 Å². The first-order valence-electron chi connectivity index (χ1n) is 18.3. The molecule has 0 amide bonds. The van der Waals surface area contributed by atoms with Gasteiger partial charge in [-0.3, -0.25) is 4.98 Å². The molecule has 9 aromatic rings. The molecule has 2 aromatic heterocycles. The largest absolute Gasteiger partial charge is 0.354 e. The van der Waals surface area contributed by atoms with Crippen LogP contribution in [0.25, 0.3) is 66.0 Å². The van der Waals surface area contributed by atoms with Gasteiger partial charge in [0.2, 0.25) is 0 Å². The van der Waals surface area contributed by atoms with Crippen molar-refractivity contribution >= 4 is 49.6 Å².